The normalized spacial score (nSPS) is 41.7. The van der Waals surface area contributed by atoms with Gasteiger partial charge in [0.1, 0.15) is 0 Å². The van der Waals surface area contributed by atoms with Crippen LogP contribution in [0.15, 0.2) is 0 Å². The van der Waals surface area contributed by atoms with Crippen LogP contribution in [0.2, 0.25) is 0 Å². The minimum atomic E-state index is -0.559. The molecule has 2 unspecified atom stereocenters. The van der Waals surface area contributed by atoms with Crippen molar-refractivity contribution >= 4 is 0 Å². The van der Waals surface area contributed by atoms with Crippen LogP contribution in [0.5, 0.6) is 0 Å². The Bertz CT molecular complexity index is 234. The van der Waals surface area contributed by atoms with Crippen molar-refractivity contribution in [2.45, 2.75) is 43.4 Å². The molecule has 3 heteroatoms. The van der Waals surface area contributed by atoms with Crippen LogP contribution in [0.4, 0.5) is 0 Å². The molecule has 78 valence electrons. The maximum atomic E-state index is 10.3. The van der Waals surface area contributed by atoms with Crippen LogP contribution >= 0.6 is 0 Å². The van der Waals surface area contributed by atoms with Crippen LogP contribution in [-0.2, 0) is 4.74 Å². The Morgan fingerprint density at radius 2 is 2.07 bits per heavy atom. The second kappa shape index (κ2) is 3.90. The van der Waals surface area contributed by atoms with Crippen molar-refractivity contribution in [2.75, 3.05) is 13.2 Å². The van der Waals surface area contributed by atoms with E-state index in [1.165, 1.54) is 0 Å². The molecule has 2 fully saturated rings. The van der Waals surface area contributed by atoms with Crippen molar-refractivity contribution in [1.82, 2.24) is 5.32 Å². The topological polar surface area (TPSA) is 41.5 Å². The van der Waals surface area contributed by atoms with Crippen molar-refractivity contribution < 1.29 is 9.84 Å². The zero-order chi connectivity index (χ0) is 10.0. The van der Waals surface area contributed by atoms with Gasteiger partial charge in [-0.25, -0.2) is 0 Å². The van der Waals surface area contributed by atoms with Gasteiger partial charge in [0.15, 0.2) is 0 Å². The molecule has 2 bridgehead atoms. The minimum Gasteiger partial charge on any atom is -0.390 e. The fraction of sp³-hybridized carbons (Fsp3) is 0.818. The molecule has 3 nitrogen and oxygen atoms in total. The first-order valence-electron chi connectivity index (χ1n) is 5.21. The summed E-state index contributed by atoms with van der Waals surface area (Å²) in [6.07, 6.45) is 8.14. The highest BCUT2D eigenvalue weighted by molar-refractivity contribution is 4.99. The first-order valence-corrected chi connectivity index (χ1v) is 5.21. The van der Waals surface area contributed by atoms with Crippen LogP contribution in [0.25, 0.3) is 0 Å². The zero-order valence-corrected chi connectivity index (χ0v) is 8.33. The molecule has 0 amide bonds. The Balaban J connectivity index is 1.97. The molecule has 0 aromatic carbocycles. The molecule has 2 heterocycles. The molecule has 0 aromatic heterocycles. The number of nitrogens with one attached hydrogen (secondary N) is 1. The number of fused-ring (bicyclic) bond motifs is 2. The molecule has 2 saturated heterocycles. The van der Waals surface area contributed by atoms with Gasteiger partial charge < -0.3 is 15.2 Å². The first-order chi connectivity index (χ1) is 6.72. The van der Waals surface area contributed by atoms with Gasteiger partial charge in [0.2, 0.25) is 0 Å². The Hall–Kier alpha value is -0.560. The number of piperidine rings is 1. The second-order valence-electron chi connectivity index (χ2n) is 4.43. The minimum absolute atomic E-state index is 0.310. The largest absolute Gasteiger partial charge is 0.390 e. The lowest BCUT2D eigenvalue weighted by Gasteiger charge is -2.44. The van der Waals surface area contributed by atoms with Gasteiger partial charge in [-0.2, -0.15) is 0 Å². The number of aliphatic hydroxyl groups is 1. The van der Waals surface area contributed by atoms with Crippen LogP contribution in [0, 0.1) is 12.3 Å². The fourth-order valence-electron chi connectivity index (χ4n) is 2.53. The summed E-state index contributed by atoms with van der Waals surface area (Å²) in [5.41, 5.74) is -0.559. The summed E-state index contributed by atoms with van der Waals surface area (Å²) >= 11 is 0. The molecule has 0 radical (unpaired) electrons. The van der Waals surface area contributed by atoms with Gasteiger partial charge >= 0.3 is 0 Å². The van der Waals surface area contributed by atoms with Gasteiger partial charge in [0.25, 0.3) is 0 Å². The van der Waals surface area contributed by atoms with Gasteiger partial charge in [-0.05, 0) is 19.3 Å². The molecule has 2 atom stereocenters. The lowest BCUT2D eigenvalue weighted by molar-refractivity contribution is -0.0791. The molecule has 0 aliphatic carbocycles. The summed E-state index contributed by atoms with van der Waals surface area (Å²) < 4.78 is 5.42. The summed E-state index contributed by atoms with van der Waals surface area (Å²) in [5, 5.41) is 13.8. The summed E-state index contributed by atoms with van der Waals surface area (Å²) in [7, 11) is 0. The Kier molecular flexibility index (Phi) is 2.78. The van der Waals surface area contributed by atoms with E-state index >= 15 is 0 Å². The van der Waals surface area contributed by atoms with E-state index < -0.39 is 5.60 Å². The average molecular weight is 195 g/mol. The lowest BCUT2D eigenvalue weighted by Crippen LogP contribution is -2.59. The van der Waals surface area contributed by atoms with Gasteiger partial charge in [-0.1, -0.05) is 0 Å². The van der Waals surface area contributed by atoms with Gasteiger partial charge in [-0.15, -0.1) is 12.3 Å². The highest BCUT2D eigenvalue weighted by atomic mass is 16.5. The maximum Gasteiger partial charge on any atom is 0.0688 e. The van der Waals surface area contributed by atoms with E-state index in [-0.39, 0.29) is 0 Å². The first kappa shape index (κ1) is 9.97. The van der Waals surface area contributed by atoms with E-state index in [1.807, 2.05) is 0 Å². The van der Waals surface area contributed by atoms with E-state index in [2.05, 4.69) is 11.2 Å². The van der Waals surface area contributed by atoms with Crippen molar-refractivity contribution in [3.63, 3.8) is 0 Å². The quantitative estimate of drug-likeness (QED) is 0.622. The molecular weight excluding hydrogens is 178 g/mol. The second-order valence-corrected chi connectivity index (χ2v) is 4.43. The summed E-state index contributed by atoms with van der Waals surface area (Å²) in [6.45, 7) is 1.43. The van der Waals surface area contributed by atoms with E-state index in [9.17, 15) is 5.11 Å². The smallest absolute Gasteiger partial charge is 0.0688 e. The monoisotopic (exact) mass is 195 g/mol. The van der Waals surface area contributed by atoms with Crippen molar-refractivity contribution in [3.8, 4) is 12.3 Å². The molecule has 2 rings (SSSR count). The summed E-state index contributed by atoms with van der Waals surface area (Å²) in [5.74, 6) is 2.59. The van der Waals surface area contributed by atoms with E-state index in [4.69, 9.17) is 11.2 Å². The molecule has 14 heavy (non-hydrogen) atoms. The number of rotatable bonds is 2. The van der Waals surface area contributed by atoms with Crippen LogP contribution < -0.4 is 5.32 Å². The van der Waals surface area contributed by atoms with Crippen LogP contribution in [-0.4, -0.2) is 36.0 Å². The lowest BCUT2D eigenvalue weighted by atomic mass is 9.80. The van der Waals surface area contributed by atoms with Gasteiger partial charge in [-0.3, -0.25) is 0 Å². The molecule has 0 aromatic rings. The van der Waals surface area contributed by atoms with Gasteiger partial charge in [0.05, 0.1) is 18.8 Å². The molecular formula is C11H17NO2. The standard InChI is InChI=1S/C11H17NO2/c1-2-3-4-11(13)5-9-7-14-8-10(6-11)12-9/h1,9-10,12-13H,3-8H2. The molecule has 0 saturated carbocycles. The Morgan fingerprint density at radius 3 is 2.64 bits per heavy atom. The van der Waals surface area contributed by atoms with E-state index in [0.29, 0.717) is 18.5 Å². The Labute approximate surface area is 84.8 Å². The van der Waals surface area contributed by atoms with Gasteiger partial charge in [0, 0.05) is 18.5 Å². The molecule has 0 spiro atoms. The maximum absolute atomic E-state index is 10.3. The summed E-state index contributed by atoms with van der Waals surface area (Å²) in [6, 6.07) is 0.621. The number of ether oxygens (including phenoxy) is 1. The van der Waals surface area contributed by atoms with Crippen LogP contribution in [0.1, 0.15) is 25.7 Å². The number of hydrogen-bond acceptors (Lipinski definition) is 3. The third-order valence-electron chi connectivity index (χ3n) is 3.10. The third kappa shape index (κ3) is 2.09. The third-order valence-corrected chi connectivity index (χ3v) is 3.10. The van der Waals surface area contributed by atoms with Crippen molar-refractivity contribution in [1.29, 1.82) is 0 Å². The average Bonchev–Trinajstić information content (AvgIpc) is 2.14. The fourth-order valence-corrected chi connectivity index (χ4v) is 2.53. The summed E-state index contributed by atoms with van der Waals surface area (Å²) in [4.78, 5) is 0. The van der Waals surface area contributed by atoms with Crippen molar-refractivity contribution in [3.05, 3.63) is 0 Å². The van der Waals surface area contributed by atoms with E-state index in [0.717, 1.165) is 32.5 Å². The Morgan fingerprint density at radius 1 is 1.43 bits per heavy atom. The number of morpholine rings is 1. The highest BCUT2D eigenvalue weighted by Gasteiger charge is 2.40. The zero-order valence-electron chi connectivity index (χ0n) is 8.33. The number of terminal acetylenes is 1. The number of hydrogen-bond donors (Lipinski definition) is 2. The van der Waals surface area contributed by atoms with E-state index in [1.54, 1.807) is 0 Å². The molecule has 2 N–H and O–H groups in total. The predicted octanol–water partition coefficient (Wildman–Crippen LogP) is 0.282. The highest BCUT2D eigenvalue weighted by Crippen LogP contribution is 2.31. The molecule has 2 aliphatic rings. The van der Waals surface area contributed by atoms with Crippen molar-refractivity contribution in [2.24, 2.45) is 0 Å². The SMILES string of the molecule is C#CCCC1(O)CC2COCC(C1)N2. The molecule has 2 aliphatic heterocycles. The predicted molar refractivity (Wildman–Crippen MR) is 53.8 cm³/mol. The van der Waals surface area contributed by atoms with Crippen LogP contribution in [0.3, 0.4) is 0 Å².